The summed E-state index contributed by atoms with van der Waals surface area (Å²) in [6.07, 6.45) is 1.57. The first-order valence-electron chi connectivity index (χ1n) is 9.68. The molecule has 3 N–H and O–H groups in total. The van der Waals surface area contributed by atoms with Crippen molar-refractivity contribution >= 4 is 11.9 Å². The predicted molar refractivity (Wildman–Crippen MR) is 113 cm³/mol. The van der Waals surface area contributed by atoms with E-state index in [1.165, 1.54) is 5.56 Å². The lowest BCUT2D eigenvalue weighted by atomic mass is 9.86. The van der Waals surface area contributed by atoms with E-state index >= 15 is 0 Å². The maximum absolute atomic E-state index is 11.4. The Balaban J connectivity index is 0.000000177. The Morgan fingerprint density at radius 1 is 0.767 bits per heavy atom. The standard InChI is InChI=1S/C14H12O3.C11H12O2/c15-13(16)14(17,11-7-3-1-4-8-11)12-9-5-2-6-10-12;1-8-2-4-9(5-3-8)11(6-7-11)10(12)13/h1-10,17H,(H,15,16);2-5H,6-7H2,1H3,(H,12,13). The molecule has 0 saturated heterocycles. The van der Waals surface area contributed by atoms with Crippen LogP contribution < -0.4 is 0 Å². The number of aryl methyl sites for hydroxylation is 1. The second-order valence-corrected chi connectivity index (χ2v) is 7.50. The molecule has 5 heteroatoms. The van der Waals surface area contributed by atoms with Crippen molar-refractivity contribution in [1.29, 1.82) is 0 Å². The first kappa shape index (κ1) is 21.3. The molecule has 30 heavy (non-hydrogen) atoms. The van der Waals surface area contributed by atoms with E-state index in [2.05, 4.69) is 0 Å². The van der Waals surface area contributed by atoms with Crippen molar-refractivity contribution in [2.75, 3.05) is 0 Å². The Morgan fingerprint density at radius 3 is 1.53 bits per heavy atom. The number of hydrogen-bond donors (Lipinski definition) is 3. The second-order valence-electron chi connectivity index (χ2n) is 7.50. The molecule has 3 aromatic carbocycles. The van der Waals surface area contributed by atoms with Crippen LogP contribution in [0.15, 0.2) is 84.9 Å². The van der Waals surface area contributed by atoms with E-state index in [1.54, 1.807) is 60.7 Å². The van der Waals surface area contributed by atoms with Crippen molar-refractivity contribution in [2.24, 2.45) is 0 Å². The second kappa shape index (κ2) is 8.51. The Labute approximate surface area is 175 Å². The van der Waals surface area contributed by atoms with Gasteiger partial charge in [-0.25, -0.2) is 4.79 Å². The smallest absolute Gasteiger partial charge is 0.345 e. The van der Waals surface area contributed by atoms with Gasteiger partial charge in [0.05, 0.1) is 5.41 Å². The maximum atomic E-state index is 11.4. The molecule has 1 aliphatic carbocycles. The molecule has 0 heterocycles. The summed E-state index contributed by atoms with van der Waals surface area (Å²) in [6.45, 7) is 2.00. The van der Waals surface area contributed by atoms with Crippen LogP contribution in [0.2, 0.25) is 0 Å². The predicted octanol–water partition coefficient (Wildman–Crippen LogP) is 4.12. The third-order valence-electron chi connectivity index (χ3n) is 5.46. The van der Waals surface area contributed by atoms with E-state index < -0.39 is 23.0 Å². The minimum Gasteiger partial charge on any atom is -0.481 e. The molecule has 1 fully saturated rings. The van der Waals surface area contributed by atoms with Gasteiger partial charge in [0.1, 0.15) is 0 Å². The SMILES string of the molecule is Cc1ccc(C2(C(=O)O)CC2)cc1.O=C(O)C(O)(c1ccccc1)c1ccccc1. The third kappa shape index (κ3) is 4.11. The molecule has 0 atom stereocenters. The summed E-state index contributed by atoms with van der Waals surface area (Å²) < 4.78 is 0. The zero-order chi connectivity index (χ0) is 21.8. The molecule has 4 rings (SSSR count). The number of carbonyl (C=O) groups is 2. The van der Waals surface area contributed by atoms with Crippen molar-refractivity contribution in [3.63, 3.8) is 0 Å². The highest BCUT2D eigenvalue weighted by atomic mass is 16.4. The average molecular weight is 404 g/mol. The van der Waals surface area contributed by atoms with E-state index in [0.29, 0.717) is 11.1 Å². The summed E-state index contributed by atoms with van der Waals surface area (Å²) in [4.78, 5) is 22.3. The Bertz CT molecular complexity index is 967. The molecule has 0 unspecified atom stereocenters. The molecule has 5 nitrogen and oxygen atoms in total. The molecule has 0 bridgehead atoms. The lowest BCUT2D eigenvalue weighted by Gasteiger charge is -2.24. The van der Waals surface area contributed by atoms with Gasteiger partial charge in [-0.1, -0.05) is 90.5 Å². The van der Waals surface area contributed by atoms with E-state index in [9.17, 15) is 19.8 Å². The molecule has 3 aromatic rings. The van der Waals surface area contributed by atoms with Gasteiger partial charge in [0.25, 0.3) is 0 Å². The van der Waals surface area contributed by atoms with Gasteiger partial charge in [-0.3, -0.25) is 4.79 Å². The van der Waals surface area contributed by atoms with Crippen molar-refractivity contribution in [3.05, 3.63) is 107 Å². The Morgan fingerprint density at radius 2 is 1.20 bits per heavy atom. The minimum atomic E-state index is -2.00. The topological polar surface area (TPSA) is 94.8 Å². The van der Waals surface area contributed by atoms with Gasteiger partial charge in [0, 0.05) is 0 Å². The van der Waals surface area contributed by atoms with Gasteiger partial charge in [0.15, 0.2) is 0 Å². The highest BCUT2D eigenvalue weighted by Crippen LogP contribution is 2.48. The van der Waals surface area contributed by atoms with Crippen LogP contribution in [0.3, 0.4) is 0 Å². The highest BCUT2D eigenvalue weighted by Gasteiger charge is 2.51. The molecule has 0 aromatic heterocycles. The summed E-state index contributed by atoms with van der Waals surface area (Å²) in [5.41, 5.74) is 0.267. The van der Waals surface area contributed by atoms with Crippen LogP contribution in [0, 0.1) is 6.92 Å². The van der Waals surface area contributed by atoms with Crippen LogP contribution in [0.4, 0.5) is 0 Å². The highest BCUT2D eigenvalue weighted by molar-refractivity contribution is 5.85. The summed E-state index contributed by atoms with van der Waals surface area (Å²) in [5.74, 6) is -1.97. The normalized spacial score (nSPS) is 14.2. The molecular formula is C25H24O5. The fourth-order valence-electron chi connectivity index (χ4n) is 3.40. The fraction of sp³-hybridized carbons (Fsp3) is 0.200. The van der Waals surface area contributed by atoms with Crippen LogP contribution in [-0.2, 0) is 20.6 Å². The zero-order valence-corrected chi connectivity index (χ0v) is 16.7. The molecular weight excluding hydrogens is 380 g/mol. The number of carboxylic acids is 2. The Kier molecular flexibility index (Phi) is 6.04. The van der Waals surface area contributed by atoms with Gasteiger partial charge in [-0.15, -0.1) is 0 Å². The molecule has 0 spiro atoms. The third-order valence-corrected chi connectivity index (χ3v) is 5.46. The first-order chi connectivity index (χ1) is 14.3. The minimum absolute atomic E-state index is 0.346. The average Bonchev–Trinajstić information content (AvgIpc) is 3.57. The summed E-state index contributed by atoms with van der Waals surface area (Å²) in [7, 11) is 0. The van der Waals surface area contributed by atoms with Crippen molar-refractivity contribution < 1.29 is 24.9 Å². The van der Waals surface area contributed by atoms with Crippen LogP contribution in [-0.4, -0.2) is 27.3 Å². The van der Waals surface area contributed by atoms with Crippen LogP contribution in [0.25, 0.3) is 0 Å². The van der Waals surface area contributed by atoms with Gasteiger partial charge in [-0.05, 0) is 36.5 Å². The lowest BCUT2D eigenvalue weighted by molar-refractivity contribution is -0.155. The number of benzene rings is 3. The van der Waals surface area contributed by atoms with Crippen molar-refractivity contribution in [3.8, 4) is 0 Å². The molecule has 0 radical (unpaired) electrons. The maximum Gasteiger partial charge on any atom is 0.345 e. The van der Waals surface area contributed by atoms with Gasteiger partial charge >= 0.3 is 11.9 Å². The number of aliphatic hydroxyl groups is 1. The first-order valence-corrected chi connectivity index (χ1v) is 9.68. The quantitative estimate of drug-likeness (QED) is 0.595. The molecule has 154 valence electrons. The number of aliphatic carboxylic acids is 2. The molecule has 1 aliphatic rings. The molecule has 0 amide bonds. The number of hydrogen-bond acceptors (Lipinski definition) is 3. The van der Waals surface area contributed by atoms with Gasteiger partial charge < -0.3 is 15.3 Å². The fourth-order valence-corrected chi connectivity index (χ4v) is 3.40. The van der Waals surface area contributed by atoms with Crippen LogP contribution in [0.1, 0.15) is 35.1 Å². The zero-order valence-electron chi connectivity index (χ0n) is 16.7. The summed E-state index contributed by atoms with van der Waals surface area (Å²) >= 11 is 0. The Hall–Kier alpha value is -3.44. The van der Waals surface area contributed by atoms with E-state index in [0.717, 1.165) is 18.4 Å². The van der Waals surface area contributed by atoms with Gasteiger partial charge in [-0.2, -0.15) is 0 Å². The van der Waals surface area contributed by atoms with Crippen molar-refractivity contribution in [2.45, 2.75) is 30.8 Å². The lowest BCUT2D eigenvalue weighted by Crippen LogP contribution is -2.36. The van der Waals surface area contributed by atoms with E-state index in [1.807, 2.05) is 31.2 Å². The van der Waals surface area contributed by atoms with E-state index in [4.69, 9.17) is 5.11 Å². The molecule has 0 aliphatic heterocycles. The largest absolute Gasteiger partial charge is 0.481 e. The van der Waals surface area contributed by atoms with Crippen molar-refractivity contribution in [1.82, 2.24) is 0 Å². The van der Waals surface area contributed by atoms with E-state index in [-0.39, 0.29) is 0 Å². The monoisotopic (exact) mass is 404 g/mol. The number of carboxylic acid groups (broad SMARTS) is 2. The number of rotatable bonds is 5. The molecule has 1 saturated carbocycles. The van der Waals surface area contributed by atoms with Crippen LogP contribution >= 0.6 is 0 Å². The summed E-state index contributed by atoms with van der Waals surface area (Å²) in [6, 6.07) is 24.5. The van der Waals surface area contributed by atoms with Gasteiger partial charge in [0.2, 0.25) is 5.60 Å². The summed E-state index contributed by atoms with van der Waals surface area (Å²) in [5, 5.41) is 28.7. The van der Waals surface area contributed by atoms with Crippen LogP contribution in [0.5, 0.6) is 0 Å².